The molecule has 0 spiro atoms. The Bertz CT molecular complexity index is 921. The van der Waals surface area contributed by atoms with Gasteiger partial charge in [-0.2, -0.15) is 0 Å². The Morgan fingerprint density at radius 2 is 1.90 bits per heavy atom. The molecule has 0 radical (unpaired) electrons. The monoisotopic (exact) mass is 399 g/mol. The molecule has 154 valence electrons. The van der Waals surface area contributed by atoms with Crippen molar-refractivity contribution in [2.24, 2.45) is 7.05 Å². The fraction of sp³-hybridized carbons (Fsp3) is 0.381. The molecule has 1 aromatic heterocycles. The van der Waals surface area contributed by atoms with Crippen LogP contribution in [0.25, 0.3) is 0 Å². The molecule has 29 heavy (non-hydrogen) atoms. The number of esters is 2. The Balaban J connectivity index is 1.78. The van der Waals surface area contributed by atoms with Gasteiger partial charge in [-0.15, -0.1) is 0 Å². The van der Waals surface area contributed by atoms with Crippen LogP contribution in [0.3, 0.4) is 0 Å². The van der Waals surface area contributed by atoms with Gasteiger partial charge in [0.25, 0.3) is 0 Å². The lowest BCUT2D eigenvalue weighted by Crippen LogP contribution is -2.34. The normalized spacial score (nSPS) is 16.4. The van der Waals surface area contributed by atoms with Crippen LogP contribution in [0.5, 0.6) is 0 Å². The van der Waals surface area contributed by atoms with Gasteiger partial charge in [0, 0.05) is 18.9 Å². The highest BCUT2D eigenvalue weighted by molar-refractivity contribution is 6.03. The van der Waals surface area contributed by atoms with E-state index in [1.165, 1.54) is 38.1 Å². The molecular weight excluding hydrogens is 374 g/mol. The van der Waals surface area contributed by atoms with Crippen molar-refractivity contribution in [2.45, 2.75) is 18.9 Å². The molecule has 1 aromatic carbocycles. The van der Waals surface area contributed by atoms with Gasteiger partial charge in [-0.1, -0.05) is 0 Å². The number of ether oxygens (including phenoxy) is 2. The van der Waals surface area contributed by atoms with Crippen molar-refractivity contribution in [3.63, 3.8) is 0 Å². The maximum atomic E-state index is 12.8. The Kier molecular flexibility index (Phi) is 6.33. The van der Waals surface area contributed by atoms with E-state index in [1.54, 1.807) is 0 Å². The van der Waals surface area contributed by atoms with Gasteiger partial charge in [0.15, 0.2) is 0 Å². The summed E-state index contributed by atoms with van der Waals surface area (Å²) in [6.07, 6.45) is 3.98. The molecule has 2 aromatic rings. The number of carbonyl (C=O) groups is 3. The van der Waals surface area contributed by atoms with Crippen LogP contribution in [-0.2, 0) is 21.3 Å². The minimum Gasteiger partial charge on any atom is -0.465 e. The average molecular weight is 399 g/mol. The predicted molar refractivity (Wildman–Crippen MR) is 107 cm³/mol. The number of hydrogen-bond acceptors (Lipinski definition) is 6. The fourth-order valence-electron chi connectivity index (χ4n) is 3.73. The minimum absolute atomic E-state index is 0.169. The number of likely N-dealkylation sites (tertiary alicyclic amines) is 1. The van der Waals surface area contributed by atoms with Crippen LogP contribution in [0.15, 0.2) is 36.5 Å². The number of anilines is 1. The van der Waals surface area contributed by atoms with Crippen molar-refractivity contribution in [2.75, 3.05) is 32.6 Å². The number of benzene rings is 1. The number of amides is 1. The van der Waals surface area contributed by atoms with Gasteiger partial charge < -0.3 is 19.4 Å². The first-order chi connectivity index (χ1) is 13.9. The lowest BCUT2D eigenvalue weighted by Gasteiger charge is -2.24. The number of aryl methyl sites for hydroxylation is 1. The first-order valence-electron chi connectivity index (χ1n) is 9.40. The van der Waals surface area contributed by atoms with E-state index in [0.29, 0.717) is 0 Å². The van der Waals surface area contributed by atoms with E-state index < -0.39 is 11.9 Å². The molecule has 1 aliphatic heterocycles. The van der Waals surface area contributed by atoms with E-state index in [-0.39, 0.29) is 35.3 Å². The number of methoxy groups -OCH3 is 2. The van der Waals surface area contributed by atoms with Crippen LogP contribution in [-0.4, -0.2) is 54.6 Å². The molecule has 1 N–H and O–H groups in total. The zero-order chi connectivity index (χ0) is 21.0. The van der Waals surface area contributed by atoms with Crippen molar-refractivity contribution >= 4 is 23.5 Å². The molecule has 8 heteroatoms. The van der Waals surface area contributed by atoms with E-state index in [4.69, 9.17) is 9.47 Å². The van der Waals surface area contributed by atoms with Gasteiger partial charge >= 0.3 is 11.9 Å². The maximum Gasteiger partial charge on any atom is 0.339 e. The average Bonchev–Trinajstić information content (AvgIpc) is 3.34. The number of hydrogen-bond donors (Lipinski definition) is 1. The zero-order valence-corrected chi connectivity index (χ0v) is 16.8. The topological polar surface area (TPSA) is 89.9 Å². The van der Waals surface area contributed by atoms with Gasteiger partial charge in [0.1, 0.15) is 0 Å². The molecule has 2 heterocycles. The number of nitrogens with zero attached hydrogens (tertiary/aromatic N) is 2. The molecular formula is C21H25N3O5. The molecule has 0 aliphatic carbocycles. The van der Waals surface area contributed by atoms with Crippen LogP contribution < -0.4 is 5.32 Å². The van der Waals surface area contributed by atoms with E-state index in [1.807, 2.05) is 19.3 Å². The summed E-state index contributed by atoms with van der Waals surface area (Å²) in [5, 5.41) is 2.76. The lowest BCUT2D eigenvalue weighted by molar-refractivity contribution is -0.117. The molecule has 1 atom stereocenters. The van der Waals surface area contributed by atoms with E-state index in [0.717, 1.165) is 19.4 Å². The Morgan fingerprint density at radius 1 is 1.14 bits per heavy atom. The molecule has 1 aliphatic rings. The fourth-order valence-corrected chi connectivity index (χ4v) is 3.73. The SMILES string of the molecule is COC(=O)c1ccc(C(=O)OC)c(NC(=O)CN2CCC[C@H]2c2cccn2C)c1. The summed E-state index contributed by atoms with van der Waals surface area (Å²) < 4.78 is 11.6. The van der Waals surface area contributed by atoms with E-state index >= 15 is 0 Å². The predicted octanol–water partition coefficient (Wildman–Crippen LogP) is 2.37. The second-order valence-corrected chi connectivity index (χ2v) is 6.96. The highest BCUT2D eigenvalue weighted by Gasteiger charge is 2.29. The number of rotatable bonds is 6. The summed E-state index contributed by atoms with van der Waals surface area (Å²) in [6.45, 7) is 0.994. The summed E-state index contributed by atoms with van der Waals surface area (Å²) in [4.78, 5) is 38.8. The summed E-state index contributed by atoms with van der Waals surface area (Å²) in [5.41, 5.74) is 1.80. The standard InChI is InChI=1S/C21H25N3O5/c1-23-10-4-6-17(23)18-7-5-11-24(18)13-19(25)22-16-12-14(20(26)28-2)8-9-15(16)21(27)29-3/h4,6,8-10,12,18H,5,7,11,13H2,1-3H3,(H,22,25)/t18-/m0/s1. The summed E-state index contributed by atoms with van der Waals surface area (Å²) in [7, 11) is 4.52. The van der Waals surface area contributed by atoms with Crippen molar-refractivity contribution in [1.82, 2.24) is 9.47 Å². The van der Waals surface area contributed by atoms with Gasteiger partial charge in [-0.25, -0.2) is 9.59 Å². The summed E-state index contributed by atoms with van der Waals surface area (Å²) in [6, 6.07) is 8.55. The number of nitrogens with one attached hydrogen (secondary N) is 1. The maximum absolute atomic E-state index is 12.8. The smallest absolute Gasteiger partial charge is 0.339 e. The Labute approximate surface area is 169 Å². The second kappa shape index (κ2) is 8.91. The van der Waals surface area contributed by atoms with Gasteiger partial charge in [-0.3, -0.25) is 9.69 Å². The quantitative estimate of drug-likeness (QED) is 0.750. The highest BCUT2D eigenvalue weighted by atomic mass is 16.5. The van der Waals surface area contributed by atoms with Crippen molar-refractivity contribution in [3.8, 4) is 0 Å². The largest absolute Gasteiger partial charge is 0.465 e. The molecule has 1 saturated heterocycles. The second-order valence-electron chi connectivity index (χ2n) is 6.96. The first kappa shape index (κ1) is 20.6. The van der Waals surface area contributed by atoms with Crippen LogP contribution in [0.1, 0.15) is 45.3 Å². The molecule has 1 amide bonds. The third-order valence-electron chi connectivity index (χ3n) is 5.16. The van der Waals surface area contributed by atoms with Gasteiger partial charge in [0.05, 0.1) is 43.6 Å². The minimum atomic E-state index is -0.598. The molecule has 3 rings (SSSR count). The molecule has 8 nitrogen and oxygen atoms in total. The highest BCUT2D eigenvalue weighted by Crippen LogP contribution is 2.31. The van der Waals surface area contributed by atoms with Crippen molar-refractivity contribution < 1.29 is 23.9 Å². The van der Waals surface area contributed by atoms with Gasteiger partial charge in [0.2, 0.25) is 5.91 Å². The van der Waals surface area contributed by atoms with E-state index in [9.17, 15) is 14.4 Å². The summed E-state index contributed by atoms with van der Waals surface area (Å²) in [5.74, 6) is -1.42. The van der Waals surface area contributed by atoms with Crippen molar-refractivity contribution in [3.05, 3.63) is 53.3 Å². The lowest BCUT2D eigenvalue weighted by atomic mass is 10.1. The molecule has 0 saturated carbocycles. The third-order valence-corrected chi connectivity index (χ3v) is 5.16. The Hall–Kier alpha value is -3.13. The van der Waals surface area contributed by atoms with E-state index in [2.05, 4.69) is 20.9 Å². The first-order valence-corrected chi connectivity index (χ1v) is 9.40. The van der Waals surface area contributed by atoms with Crippen LogP contribution in [0.2, 0.25) is 0 Å². The Morgan fingerprint density at radius 3 is 2.55 bits per heavy atom. The third kappa shape index (κ3) is 4.48. The molecule has 1 fully saturated rings. The van der Waals surface area contributed by atoms with Crippen LogP contribution in [0, 0.1) is 0 Å². The number of carbonyl (C=O) groups excluding carboxylic acids is 3. The summed E-state index contributed by atoms with van der Waals surface area (Å²) >= 11 is 0. The van der Waals surface area contributed by atoms with Gasteiger partial charge in [-0.05, 0) is 49.7 Å². The number of aromatic nitrogens is 1. The molecule has 0 bridgehead atoms. The zero-order valence-electron chi connectivity index (χ0n) is 16.8. The van der Waals surface area contributed by atoms with Crippen molar-refractivity contribution in [1.29, 1.82) is 0 Å². The van der Waals surface area contributed by atoms with Crippen LogP contribution >= 0.6 is 0 Å². The van der Waals surface area contributed by atoms with Crippen LogP contribution in [0.4, 0.5) is 5.69 Å². The molecule has 0 unspecified atom stereocenters.